The number of aryl methyl sites for hydroxylation is 2. The summed E-state index contributed by atoms with van der Waals surface area (Å²) >= 11 is 0. The number of ether oxygens (including phenoxy) is 1. The van der Waals surface area contributed by atoms with E-state index in [9.17, 15) is 0 Å². The summed E-state index contributed by atoms with van der Waals surface area (Å²) in [5, 5.41) is 0. The fourth-order valence-corrected chi connectivity index (χ4v) is 3.95. The van der Waals surface area contributed by atoms with Gasteiger partial charge in [0.2, 0.25) is 0 Å². The Morgan fingerprint density at radius 3 is 2.73 bits per heavy atom. The lowest BCUT2D eigenvalue weighted by Crippen LogP contribution is -2.43. The molecule has 4 rings (SSSR count). The number of pyridine rings is 1. The van der Waals surface area contributed by atoms with Gasteiger partial charge in [0.25, 0.3) is 0 Å². The number of hydrogen-bond acceptors (Lipinski definition) is 3. The molecule has 0 amide bonds. The van der Waals surface area contributed by atoms with Crippen LogP contribution in [0.2, 0.25) is 0 Å². The molecule has 4 nitrogen and oxygen atoms in total. The molecule has 0 N–H and O–H groups in total. The van der Waals surface area contributed by atoms with Crippen LogP contribution in [-0.4, -0.2) is 39.7 Å². The Hall–Kier alpha value is -1.81. The van der Waals surface area contributed by atoms with E-state index in [1.807, 2.05) is 12.3 Å². The fourth-order valence-electron chi connectivity index (χ4n) is 3.95. The van der Waals surface area contributed by atoms with Crippen LogP contribution in [0.3, 0.4) is 0 Å². The number of rotatable bonds is 3. The Morgan fingerprint density at radius 2 is 1.91 bits per heavy atom. The molecule has 0 spiro atoms. The van der Waals surface area contributed by atoms with Crippen molar-refractivity contribution in [2.75, 3.05) is 19.6 Å². The highest BCUT2D eigenvalue weighted by Gasteiger charge is 2.43. The molecule has 2 aromatic rings. The Kier molecular flexibility index (Phi) is 3.22. The highest BCUT2D eigenvalue weighted by atomic mass is 16.5. The average Bonchev–Trinajstić information content (AvgIpc) is 3.00. The van der Waals surface area contributed by atoms with E-state index in [0.717, 1.165) is 37.5 Å². The Labute approximate surface area is 131 Å². The topological polar surface area (TPSA) is 30.3 Å². The van der Waals surface area contributed by atoms with Gasteiger partial charge in [0.1, 0.15) is 5.60 Å². The van der Waals surface area contributed by atoms with Crippen molar-refractivity contribution in [2.24, 2.45) is 0 Å². The molecular formula is C18H23N3O. The first kappa shape index (κ1) is 13.8. The van der Waals surface area contributed by atoms with Crippen LogP contribution in [0.25, 0.3) is 5.82 Å². The van der Waals surface area contributed by atoms with E-state index < -0.39 is 0 Å². The van der Waals surface area contributed by atoms with Gasteiger partial charge in [0.15, 0.2) is 11.6 Å². The number of piperidine rings is 1. The van der Waals surface area contributed by atoms with Gasteiger partial charge in [-0.1, -0.05) is 0 Å². The maximum absolute atomic E-state index is 6.57. The lowest BCUT2D eigenvalue weighted by molar-refractivity contribution is 0.0448. The summed E-state index contributed by atoms with van der Waals surface area (Å²) < 4.78 is 8.76. The van der Waals surface area contributed by atoms with Gasteiger partial charge >= 0.3 is 0 Å². The van der Waals surface area contributed by atoms with Crippen molar-refractivity contribution in [1.29, 1.82) is 0 Å². The quantitative estimate of drug-likeness (QED) is 0.872. The van der Waals surface area contributed by atoms with Crippen LogP contribution >= 0.6 is 0 Å². The minimum atomic E-state index is -0.00893. The van der Waals surface area contributed by atoms with E-state index in [-0.39, 0.29) is 5.60 Å². The van der Waals surface area contributed by atoms with Gasteiger partial charge in [0.05, 0.1) is 0 Å². The maximum atomic E-state index is 6.57. The van der Waals surface area contributed by atoms with Crippen molar-refractivity contribution in [2.45, 2.75) is 38.7 Å². The summed E-state index contributed by atoms with van der Waals surface area (Å²) in [7, 11) is 0. The van der Waals surface area contributed by atoms with E-state index in [0.29, 0.717) is 0 Å². The molecule has 0 radical (unpaired) electrons. The normalized spacial score (nSPS) is 27.1. The van der Waals surface area contributed by atoms with Crippen LogP contribution in [0.4, 0.5) is 0 Å². The van der Waals surface area contributed by atoms with Crippen molar-refractivity contribution in [3.8, 4) is 11.6 Å². The second-order valence-electron chi connectivity index (χ2n) is 6.69. The van der Waals surface area contributed by atoms with Crippen molar-refractivity contribution < 1.29 is 4.74 Å². The molecule has 2 aromatic heterocycles. The number of fused-ring (bicyclic) bond motifs is 2. The van der Waals surface area contributed by atoms with Crippen LogP contribution in [0.15, 0.2) is 30.5 Å². The molecule has 4 heteroatoms. The Balaban J connectivity index is 1.71. The maximum Gasteiger partial charge on any atom is 0.180 e. The van der Waals surface area contributed by atoms with Crippen LogP contribution in [0.1, 0.15) is 30.7 Å². The molecule has 0 aromatic carbocycles. The highest BCUT2D eigenvalue weighted by molar-refractivity contribution is 5.44. The summed E-state index contributed by atoms with van der Waals surface area (Å²) in [6.45, 7) is 7.67. The van der Waals surface area contributed by atoms with E-state index in [2.05, 4.69) is 46.5 Å². The van der Waals surface area contributed by atoms with Gasteiger partial charge in [-0.05, 0) is 57.5 Å². The third kappa shape index (κ3) is 2.22. The van der Waals surface area contributed by atoms with Crippen molar-refractivity contribution >= 4 is 0 Å². The largest absolute Gasteiger partial charge is 0.482 e. The summed E-state index contributed by atoms with van der Waals surface area (Å²) in [5.41, 5.74) is 2.37. The minimum Gasteiger partial charge on any atom is -0.482 e. The average molecular weight is 297 g/mol. The molecule has 116 valence electrons. The third-order valence-electron chi connectivity index (χ3n) is 5.06. The first-order valence-electron chi connectivity index (χ1n) is 8.19. The van der Waals surface area contributed by atoms with Crippen LogP contribution in [0, 0.1) is 13.8 Å². The lowest BCUT2D eigenvalue weighted by atomic mass is 9.94. The van der Waals surface area contributed by atoms with Gasteiger partial charge in [0, 0.05) is 37.1 Å². The number of nitrogens with zero attached hydrogens (tertiary/aromatic N) is 3. The van der Waals surface area contributed by atoms with Crippen molar-refractivity contribution in [3.05, 3.63) is 41.9 Å². The highest BCUT2D eigenvalue weighted by Crippen LogP contribution is 2.37. The van der Waals surface area contributed by atoms with E-state index in [4.69, 9.17) is 4.74 Å². The van der Waals surface area contributed by atoms with Crippen molar-refractivity contribution in [1.82, 2.24) is 14.5 Å². The summed E-state index contributed by atoms with van der Waals surface area (Å²) in [4.78, 5) is 7.13. The van der Waals surface area contributed by atoms with Crippen LogP contribution in [-0.2, 0) is 0 Å². The molecule has 2 fully saturated rings. The SMILES string of the molecule is Cc1ccc(C)n1-c1ncccc1O[C@]12CCCN(CC1)C2. The van der Waals surface area contributed by atoms with E-state index >= 15 is 0 Å². The van der Waals surface area contributed by atoms with E-state index in [1.165, 1.54) is 24.4 Å². The summed E-state index contributed by atoms with van der Waals surface area (Å²) in [6.07, 6.45) is 5.37. The van der Waals surface area contributed by atoms with Crippen LogP contribution < -0.4 is 4.74 Å². The molecule has 0 aliphatic carbocycles. The summed E-state index contributed by atoms with van der Waals surface area (Å²) in [6, 6.07) is 8.29. The molecule has 2 atom stereocenters. The molecular weight excluding hydrogens is 274 g/mol. The molecule has 2 aliphatic heterocycles. The minimum absolute atomic E-state index is 0.00893. The molecule has 2 bridgehead atoms. The second kappa shape index (κ2) is 5.13. The van der Waals surface area contributed by atoms with Gasteiger partial charge < -0.3 is 9.30 Å². The predicted molar refractivity (Wildman–Crippen MR) is 86.7 cm³/mol. The Morgan fingerprint density at radius 1 is 1.09 bits per heavy atom. The molecule has 2 aliphatic rings. The zero-order valence-electron chi connectivity index (χ0n) is 13.4. The molecule has 4 heterocycles. The van der Waals surface area contributed by atoms with Gasteiger partial charge in [-0.2, -0.15) is 0 Å². The van der Waals surface area contributed by atoms with Gasteiger partial charge in [-0.3, -0.25) is 4.90 Å². The second-order valence-corrected chi connectivity index (χ2v) is 6.69. The zero-order valence-corrected chi connectivity index (χ0v) is 13.4. The monoisotopic (exact) mass is 297 g/mol. The Bertz CT molecular complexity index is 670. The molecule has 22 heavy (non-hydrogen) atoms. The third-order valence-corrected chi connectivity index (χ3v) is 5.06. The predicted octanol–water partition coefficient (Wildman–Crippen LogP) is 3.11. The van der Waals surface area contributed by atoms with Crippen LogP contribution in [0.5, 0.6) is 5.75 Å². The fraction of sp³-hybridized carbons (Fsp3) is 0.500. The molecule has 1 unspecified atom stereocenters. The first-order valence-corrected chi connectivity index (χ1v) is 8.19. The first-order chi connectivity index (χ1) is 10.7. The molecule has 2 saturated heterocycles. The zero-order chi connectivity index (χ0) is 15.2. The van der Waals surface area contributed by atoms with Gasteiger partial charge in [-0.25, -0.2) is 4.98 Å². The lowest BCUT2D eigenvalue weighted by Gasteiger charge is -2.35. The van der Waals surface area contributed by atoms with E-state index in [1.54, 1.807) is 0 Å². The smallest absolute Gasteiger partial charge is 0.180 e. The number of aromatic nitrogens is 2. The molecule has 0 saturated carbocycles. The number of hydrogen-bond donors (Lipinski definition) is 0. The van der Waals surface area contributed by atoms with Crippen molar-refractivity contribution in [3.63, 3.8) is 0 Å². The standard InChI is InChI=1S/C18H23N3O/c1-14-6-7-15(2)21(14)17-16(5-3-10-19-17)22-18-8-4-11-20(13-18)12-9-18/h3,5-7,10H,4,8-9,11-13H2,1-2H3/t18-/m1/s1. The summed E-state index contributed by atoms with van der Waals surface area (Å²) in [5.74, 6) is 1.83. The van der Waals surface area contributed by atoms with Gasteiger partial charge in [-0.15, -0.1) is 0 Å².